The maximum Gasteiger partial charge on any atom is 0.145 e. The van der Waals surface area contributed by atoms with Gasteiger partial charge in [-0.15, -0.1) is 0 Å². The van der Waals surface area contributed by atoms with Crippen LogP contribution in [0.3, 0.4) is 0 Å². The van der Waals surface area contributed by atoms with E-state index in [4.69, 9.17) is 5.73 Å². The number of nitrogens with two attached hydrogens (primary N) is 1. The van der Waals surface area contributed by atoms with Gasteiger partial charge in [0, 0.05) is 11.6 Å². The number of phenolic OH excluding ortho intramolecular Hbond substituents is 1. The molecule has 0 aliphatic heterocycles. The Kier molecular flexibility index (Phi) is 2.69. The van der Waals surface area contributed by atoms with Crippen LogP contribution in [0.25, 0.3) is 0 Å². The fourth-order valence-electron chi connectivity index (χ4n) is 0.989. The Morgan fingerprint density at radius 2 is 2.17 bits per heavy atom. The molecule has 1 aromatic carbocycles. The molecule has 1 aromatic rings. The molecule has 0 amide bonds. The van der Waals surface area contributed by atoms with Gasteiger partial charge < -0.3 is 10.8 Å². The molecule has 1 rings (SSSR count). The van der Waals surface area contributed by atoms with Crippen molar-refractivity contribution in [2.45, 2.75) is 13.0 Å². The van der Waals surface area contributed by atoms with E-state index in [1.807, 2.05) is 0 Å². The van der Waals surface area contributed by atoms with E-state index in [0.717, 1.165) is 0 Å². The van der Waals surface area contributed by atoms with Crippen LogP contribution in [0.15, 0.2) is 16.6 Å². The summed E-state index contributed by atoms with van der Waals surface area (Å²) in [4.78, 5) is 0. The van der Waals surface area contributed by atoms with Gasteiger partial charge in [-0.05, 0) is 35.0 Å². The van der Waals surface area contributed by atoms with Crippen LogP contribution in [-0.4, -0.2) is 5.11 Å². The third kappa shape index (κ3) is 1.59. The van der Waals surface area contributed by atoms with E-state index < -0.39 is 11.9 Å². The summed E-state index contributed by atoms with van der Waals surface area (Å²) in [6, 6.07) is 2.34. The molecule has 0 saturated carbocycles. The third-order valence-corrected chi connectivity index (χ3v) is 2.18. The Balaban J connectivity index is 3.33. The van der Waals surface area contributed by atoms with Gasteiger partial charge >= 0.3 is 0 Å². The lowest BCUT2D eigenvalue weighted by molar-refractivity contribution is 0.451. The molecule has 0 fully saturated rings. The highest BCUT2D eigenvalue weighted by Gasteiger charge is 2.14. The molecule has 0 bridgehead atoms. The van der Waals surface area contributed by atoms with Gasteiger partial charge in [0.15, 0.2) is 0 Å². The van der Waals surface area contributed by atoms with Gasteiger partial charge in [-0.25, -0.2) is 4.39 Å². The Hall–Kier alpha value is -0.610. The van der Waals surface area contributed by atoms with Crippen LogP contribution >= 0.6 is 15.9 Å². The molecule has 0 aliphatic carbocycles. The Morgan fingerprint density at radius 1 is 1.58 bits per heavy atom. The smallest absolute Gasteiger partial charge is 0.145 e. The standard InChI is InChI=1S/C8H9BrFNO/c1-4(11)7-6(12)3-2-5(9)8(7)10/h2-4,12H,11H2,1H3. The van der Waals surface area contributed by atoms with E-state index >= 15 is 0 Å². The zero-order chi connectivity index (χ0) is 9.30. The number of hydrogen-bond acceptors (Lipinski definition) is 2. The number of phenols is 1. The van der Waals surface area contributed by atoms with Crippen LogP contribution in [0.4, 0.5) is 4.39 Å². The Bertz CT molecular complexity index is 301. The summed E-state index contributed by atoms with van der Waals surface area (Å²) in [7, 11) is 0. The largest absolute Gasteiger partial charge is 0.508 e. The first-order valence-corrected chi connectivity index (χ1v) is 4.25. The molecule has 12 heavy (non-hydrogen) atoms. The van der Waals surface area contributed by atoms with E-state index in [1.165, 1.54) is 12.1 Å². The molecule has 0 spiro atoms. The number of benzene rings is 1. The molecule has 4 heteroatoms. The van der Waals surface area contributed by atoms with Crippen molar-refractivity contribution in [2.24, 2.45) is 5.73 Å². The monoisotopic (exact) mass is 233 g/mol. The summed E-state index contributed by atoms with van der Waals surface area (Å²) in [5.41, 5.74) is 5.61. The highest BCUT2D eigenvalue weighted by atomic mass is 79.9. The molecule has 2 nitrogen and oxygen atoms in total. The van der Waals surface area contributed by atoms with Gasteiger partial charge in [0.05, 0.1) is 4.47 Å². The second-order valence-corrected chi connectivity index (χ2v) is 3.44. The molecule has 1 unspecified atom stereocenters. The fourth-order valence-corrected chi connectivity index (χ4v) is 1.34. The second kappa shape index (κ2) is 3.41. The van der Waals surface area contributed by atoms with Gasteiger partial charge in [-0.3, -0.25) is 0 Å². The molecule has 0 aromatic heterocycles. The summed E-state index contributed by atoms with van der Waals surface area (Å²) in [6.07, 6.45) is 0. The molecular formula is C8H9BrFNO. The van der Waals surface area contributed by atoms with Crippen molar-refractivity contribution < 1.29 is 9.50 Å². The Labute approximate surface area is 78.3 Å². The zero-order valence-electron chi connectivity index (χ0n) is 6.51. The number of halogens is 2. The molecular weight excluding hydrogens is 225 g/mol. The van der Waals surface area contributed by atoms with Crippen molar-refractivity contribution in [3.8, 4) is 5.75 Å². The molecule has 0 saturated heterocycles. The Morgan fingerprint density at radius 3 is 2.58 bits per heavy atom. The first-order chi connectivity index (χ1) is 5.54. The van der Waals surface area contributed by atoms with E-state index in [0.29, 0.717) is 4.47 Å². The summed E-state index contributed by atoms with van der Waals surface area (Å²) in [6.45, 7) is 1.62. The van der Waals surface area contributed by atoms with Crippen LogP contribution in [0.2, 0.25) is 0 Å². The minimum atomic E-state index is -0.512. The quantitative estimate of drug-likeness (QED) is 0.783. The van der Waals surface area contributed by atoms with E-state index in [9.17, 15) is 9.50 Å². The van der Waals surface area contributed by atoms with E-state index in [2.05, 4.69) is 15.9 Å². The molecule has 0 radical (unpaired) electrons. The normalized spacial score (nSPS) is 13.0. The highest BCUT2D eigenvalue weighted by molar-refractivity contribution is 9.10. The third-order valence-electron chi connectivity index (χ3n) is 1.56. The number of rotatable bonds is 1. The highest BCUT2D eigenvalue weighted by Crippen LogP contribution is 2.30. The molecule has 66 valence electrons. The summed E-state index contributed by atoms with van der Waals surface area (Å²) < 4.78 is 13.5. The number of aromatic hydroxyl groups is 1. The molecule has 0 aliphatic rings. The molecule has 1 atom stereocenters. The number of hydrogen-bond donors (Lipinski definition) is 2. The molecule has 0 heterocycles. The van der Waals surface area contributed by atoms with Gasteiger partial charge in [0.25, 0.3) is 0 Å². The maximum absolute atomic E-state index is 13.2. The lowest BCUT2D eigenvalue weighted by atomic mass is 10.1. The SMILES string of the molecule is CC(N)c1c(O)ccc(Br)c1F. The maximum atomic E-state index is 13.2. The fraction of sp³-hybridized carbons (Fsp3) is 0.250. The van der Waals surface area contributed by atoms with Gasteiger partial charge in [0.1, 0.15) is 11.6 Å². The minimum absolute atomic E-state index is 0.106. The topological polar surface area (TPSA) is 46.2 Å². The summed E-state index contributed by atoms with van der Waals surface area (Å²) >= 11 is 3.01. The predicted molar refractivity (Wildman–Crippen MR) is 48.4 cm³/mol. The molecule has 3 N–H and O–H groups in total. The first-order valence-electron chi connectivity index (χ1n) is 3.46. The lowest BCUT2D eigenvalue weighted by Crippen LogP contribution is -2.08. The van der Waals surface area contributed by atoms with Gasteiger partial charge in [-0.1, -0.05) is 0 Å². The zero-order valence-corrected chi connectivity index (χ0v) is 8.10. The lowest BCUT2D eigenvalue weighted by Gasteiger charge is -2.10. The van der Waals surface area contributed by atoms with Crippen molar-refractivity contribution >= 4 is 15.9 Å². The van der Waals surface area contributed by atoms with Crippen molar-refractivity contribution in [1.29, 1.82) is 0 Å². The van der Waals surface area contributed by atoms with Crippen LogP contribution < -0.4 is 5.73 Å². The average Bonchev–Trinajstić information content (AvgIpc) is 1.97. The minimum Gasteiger partial charge on any atom is -0.508 e. The van der Waals surface area contributed by atoms with E-state index in [-0.39, 0.29) is 11.3 Å². The van der Waals surface area contributed by atoms with Crippen LogP contribution in [-0.2, 0) is 0 Å². The van der Waals surface area contributed by atoms with Crippen molar-refractivity contribution in [1.82, 2.24) is 0 Å². The van der Waals surface area contributed by atoms with Gasteiger partial charge in [0.2, 0.25) is 0 Å². The summed E-state index contributed by atoms with van der Waals surface area (Å²) in [5, 5.41) is 9.25. The second-order valence-electron chi connectivity index (χ2n) is 2.58. The summed E-state index contributed by atoms with van der Waals surface area (Å²) in [5.74, 6) is -0.601. The van der Waals surface area contributed by atoms with Crippen LogP contribution in [0, 0.1) is 5.82 Å². The van der Waals surface area contributed by atoms with E-state index in [1.54, 1.807) is 6.92 Å². The van der Waals surface area contributed by atoms with Crippen molar-refractivity contribution in [3.05, 3.63) is 28.0 Å². The predicted octanol–water partition coefficient (Wildman–Crippen LogP) is 2.31. The average molecular weight is 234 g/mol. The van der Waals surface area contributed by atoms with Crippen LogP contribution in [0.1, 0.15) is 18.5 Å². The van der Waals surface area contributed by atoms with Crippen LogP contribution in [0.5, 0.6) is 5.75 Å². The first kappa shape index (κ1) is 9.48. The van der Waals surface area contributed by atoms with Gasteiger partial charge in [-0.2, -0.15) is 0 Å². The van der Waals surface area contributed by atoms with Crippen molar-refractivity contribution in [3.63, 3.8) is 0 Å². The van der Waals surface area contributed by atoms with Crippen molar-refractivity contribution in [2.75, 3.05) is 0 Å².